The number of hydrogen-bond donors (Lipinski definition) is 0. The topological polar surface area (TPSA) is 59.0 Å². The summed E-state index contributed by atoms with van der Waals surface area (Å²) in [5.41, 5.74) is -0.00209. The molecule has 1 aliphatic rings. The molecule has 1 aliphatic heterocycles. The van der Waals surface area contributed by atoms with Gasteiger partial charge in [0.25, 0.3) is 5.91 Å². The Balaban J connectivity index is 2.41. The Morgan fingerprint density at radius 1 is 1.35 bits per heavy atom. The summed E-state index contributed by atoms with van der Waals surface area (Å²) in [6, 6.07) is 3.90. The first-order valence-electron chi connectivity index (χ1n) is 6.09. The summed E-state index contributed by atoms with van der Waals surface area (Å²) in [6.07, 6.45) is -0.869. The van der Waals surface area contributed by atoms with Crippen molar-refractivity contribution in [3.05, 3.63) is 29.6 Å². The van der Waals surface area contributed by atoms with Crippen molar-refractivity contribution in [3.8, 4) is 0 Å². The van der Waals surface area contributed by atoms with Gasteiger partial charge in [0.2, 0.25) is 0 Å². The SMILES string of the molecule is CN1C(=O)/C(=N/C(=O)OC(C)(C)C)c2cc(F)ccc21. The van der Waals surface area contributed by atoms with Gasteiger partial charge in [-0.1, -0.05) is 0 Å². The zero-order chi connectivity index (χ0) is 15.1. The lowest BCUT2D eigenvalue weighted by molar-refractivity contribution is -0.112. The van der Waals surface area contributed by atoms with E-state index in [0.717, 1.165) is 0 Å². The summed E-state index contributed by atoms with van der Waals surface area (Å²) in [6.45, 7) is 5.09. The lowest BCUT2D eigenvalue weighted by atomic mass is 10.1. The van der Waals surface area contributed by atoms with E-state index < -0.39 is 23.4 Å². The van der Waals surface area contributed by atoms with E-state index in [1.54, 1.807) is 20.8 Å². The van der Waals surface area contributed by atoms with Crippen molar-refractivity contribution in [2.45, 2.75) is 26.4 Å². The van der Waals surface area contributed by atoms with Gasteiger partial charge in [0, 0.05) is 12.6 Å². The van der Waals surface area contributed by atoms with Crippen molar-refractivity contribution in [1.82, 2.24) is 0 Å². The number of benzene rings is 1. The second-order valence-electron chi connectivity index (χ2n) is 5.47. The molecule has 0 N–H and O–H groups in total. The van der Waals surface area contributed by atoms with Gasteiger partial charge >= 0.3 is 6.09 Å². The maximum atomic E-state index is 13.3. The highest BCUT2D eigenvalue weighted by atomic mass is 19.1. The highest BCUT2D eigenvalue weighted by molar-refractivity contribution is 6.55. The molecule has 0 fully saturated rings. The molecule has 1 heterocycles. The second kappa shape index (κ2) is 4.70. The molecule has 0 bridgehead atoms. The number of hydrogen-bond acceptors (Lipinski definition) is 3. The van der Waals surface area contributed by atoms with Crippen molar-refractivity contribution in [2.24, 2.45) is 4.99 Å². The smallest absolute Gasteiger partial charge is 0.434 e. The first-order chi connectivity index (χ1) is 9.19. The van der Waals surface area contributed by atoms with Crippen LogP contribution < -0.4 is 4.90 Å². The molecule has 0 atom stereocenters. The Morgan fingerprint density at radius 2 is 2.00 bits per heavy atom. The second-order valence-corrected chi connectivity index (χ2v) is 5.47. The summed E-state index contributed by atoms with van der Waals surface area (Å²) < 4.78 is 18.3. The van der Waals surface area contributed by atoms with E-state index in [1.807, 2.05) is 0 Å². The number of rotatable bonds is 0. The van der Waals surface area contributed by atoms with E-state index in [0.29, 0.717) is 11.3 Å². The summed E-state index contributed by atoms with van der Waals surface area (Å²) >= 11 is 0. The minimum absolute atomic E-state index is 0.101. The summed E-state index contributed by atoms with van der Waals surface area (Å²) in [5, 5.41) is 0. The van der Waals surface area contributed by atoms with E-state index in [2.05, 4.69) is 4.99 Å². The predicted octanol–water partition coefficient (Wildman–Crippen LogP) is 2.53. The molecule has 0 aromatic heterocycles. The molecule has 0 saturated heterocycles. The monoisotopic (exact) mass is 278 g/mol. The van der Waals surface area contributed by atoms with Crippen molar-refractivity contribution in [2.75, 3.05) is 11.9 Å². The summed E-state index contributed by atoms with van der Waals surface area (Å²) in [5.74, 6) is -0.958. The molecule has 2 amide bonds. The fraction of sp³-hybridized carbons (Fsp3) is 0.357. The van der Waals surface area contributed by atoms with Crippen LogP contribution >= 0.6 is 0 Å². The van der Waals surface area contributed by atoms with Crippen LogP contribution in [0.5, 0.6) is 0 Å². The fourth-order valence-electron chi connectivity index (χ4n) is 1.86. The largest absolute Gasteiger partial charge is 0.442 e. The number of likely N-dealkylation sites (N-methyl/N-ethyl adjacent to an activating group) is 1. The van der Waals surface area contributed by atoms with Crippen LogP contribution in [0.25, 0.3) is 0 Å². The average Bonchev–Trinajstić information content (AvgIpc) is 2.52. The lowest BCUT2D eigenvalue weighted by Crippen LogP contribution is -2.27. The van der Waals surface area contributed by atoms with Crippen LogP contribution in [0.1, 0.15) is 26.3 Å². The van der Waals surface area contributed by atoms with Gasteiger partial charge in [-0.25, -0.2) is 9.18 Å². The van der Waals surface area contributed by atoms with Crippen molar-refractivity contribution >= 4 is 23.4 Å². The van der Waals surface area contributed by atoms with Gasteiger partial charge in [-0.15, -0.1) is 0 Å². The molecule has 20 heavy (non-hydrogen) atoms. The highest BCUT2D eigenvalue weighted by Crippen LogP contribution is 2.29. The van der Waals surface area contributed by atoms with Crippen LogP contribution in [0.4, 0.5) is 14.9 Å². The lowest BCUT2D eigenvalue weighted by Gasteiger charge is -2.17. The number of anilines is 1. The Morgan fingerprint density at radius 3 is 2.60 bits per heavy atom. The minimum Gasteiger partial charge on any atom is -0.442 e. The van der Waals surface area contributed by atoms with Crippen molar-refractivity contribution in [1.29, 1.82) is 0 Å². The number of halogens is 1. The zero-order valence-electron chi connectivity index (χ0n) is 11.7. The molecule has 2 rings (SSSR count). The number of nitrogens with zero attached hydrogens (tertiary/aromatic N) is 2. The van der Waals surface area contributed by atoms with Crippen LogP contribution in [0.2, 0.25) is 0 Å². The average molecular weight is 278 g/mol. The quantitative estimate of drug-likeness (QED) is 0.732. The van der Waals surface area contributed by atoms with Gasteiger partial charge in [0.15, 0.2) is 0 Å². The predicted molar refractivity (Wildman–Crippen MR) is 72.6 cm³/mol. The maximum absolute atomic E-state index is 13.3. The van der Waals surface area contributed by atoms with Gasteiger partial charge in [-0.3, -0.25) is 4.79 Å². The molecule has 0 unspecified atom stereocenters. The van der Waals surface area contributed by atoms with E-state index in [1.165, 1.54) is 30.1 Å². The number of carbonyl (C=O) groups is 2. The van der Waals surface area contributed by atoms with Gasteiger partial charge in [-0.05, 0) is 39.0 Å². The molecule has 1 aromatic carbocycles. The third kappa shape index (κ3) is 2.68. The molecule has 5 nitrogen and oxygen atoms in total. The summed E-state index contributed by atoms with van der Waals surface area (Å²) in [4.78, 5) is 28.7. The molecular weight excluding hydrogens is 263 g/mol. The van der Waals surface area contributed by atoms with Crippen LogP contribution in [0.3, 0.4) is 0 Å². The van der Waals surface area contributed by atoms with E-state index in [4.69, 9.17) is 4.74 Å². The number of amides is 2. The third-order valence-electron chi connectivity index (χ3n) is 2.68. The minimum atomic E-state index is -0.869. The normalized spacial score (nSPS) is 16.6. The highest BCUT2D eigenvalue weighted by Gasteiger charge is 2.33. The first kappa shape index (κ1) is 14.2. The molecule has 0 saturated carbocycles. The Labute approximate surface area is 116 Å². The molecule has 6 heteroatoms. The Hall–Kier alpha value is -2.24. The summed E-state index contributed by atoms with van der Waals surface area (Å²) in [7, 11) is 1.54. The van der Waals surface area contributed by atoms with Crippen molar-refractivity contribution < 1.29 is 18.7 Å². The molecule has 0 aliphatic carbocycles. The number of ether oxygens (including phenoxy) is 1. The van der Waals surface area contributed by atoms with Crippen LogP contribution in [-0.4, -0.2) is 30.4 Å². The van der Waals surface area contributed by atoms with Gasteiger partial charge < -0.3 is 9.64 Å². The Kier molecular flexibility index (Phi) is 3.33. The van der Waals surface area contributed by atoms with Crippen LogP contribution in [0, 0.1) is 5.82 Å². The Bertz CT molecular complexity index is 617. The van der Waals surface area contributed by atoms with E-state index in [-0.39, 0.29) is 5.71 Å². The van der Waals surface area contributed by atoms with Gasteiger partial charge in [0.05, 0.1) is 5.69 Å². The van der Waals surface area contributed by atoms with E-state index >= 15 is 0 Å². The third-order valence-corrected chi connectivity index (χ3v) is 2.68. The number of fused-ring (bicyclic) bond motifs is 1. The molecule has 1 aromatic rings. The molecule has 0 spiro atoms. The van der Waals surface area contributed by atoms with Crippen molar-refractivity contribution in [3.63, 3.8) is 0 Å². The van der Waals surface area contributed by atoms with Gasteiger partial charge in [0.1, 0.15) is 17.1 Å². The number of aliphatic imine (C=N–C) groups is 1. The zero-order valence-corrected chi connectivity index (χ0v) is 11.7. The molecular formula is C14H15FN2O3. The first-order valence-corrected chi connectivity index (χ1v) is 6.09. The van der Waals surface area contributed by atoms with Crippen LogP contribution in [0.15, 0.2) is 23.2 Å². The standard InChI is InChI=1S/C14H15FN2O3/c1-14(2,3)20-13(19)16-11-9-7-8(15)5-6-10(9)17(4)12(11)18/h5-7H,1-4H3/b16-11+. The molecule has 0 radical (unpaired) electrons. The van der Waals surface area contributed by atoms with Crippen LogP contribution in [-0.2, 0) is 9.53 Å². The fourth-order valence-corrected chi connectivity index (χ4v) is 1.86. The van der Waals surface area contributed by atoms with E-state index in [9.17, 15) is 14.0 Å². The van der Waals surface area contributed by atoms with Gasteiger partial charge in [-0.2, -0.15) is 4.99 Å². The number of carbonyl (C=O) groups excluding carboxylic acids is 2. The maximum Gasteiger partial charge on any atom is 0.434 e. The molecule has 106 valence electrons.